The first-order valence-electron chi connectivity index (χ1n) is 7.05. The van der Waals surface area contributed by atoms with Gasteiger partial charge in [0.1, 0.15) is 17.4 Å². The molecule has 0 unspecified atom stereocenters. The van der Waals surface area contributed by atoms with Gasteiger partial charge in [-0.05, 0) is 36.2 Å². The van der Waals surface area contributed by atoms with Crippen molar-refractivity contribution >= 4 is 11.6 Å². The average Bonchev–Trinajstić information content (AvgIpc) is 2.54. The van der Waals surface area contributed by atoms with E-state index in [4.69, 9.17) is 4.74 Å². The molecule has 0 aliphatic heterocycles. The topological polar surface area (TPSA) is 58.6 Å². The second-order valence-electron chi connectivity index (χ2n) is 4.97. The zero-order valence-corrected chi connectivity index (χ0v) is 12.6. The number of ether oxygens (including phenoxy) is 1. The van der Waals surface area contributed by atoms with Gasteiger partial charge in [-0.1, -0.05) is 6.07 Å². The van der Waals surface area contributed by atoms with Gasteiger partial charge >= 0.3 is 0 Å². The van der Waals surface area contributed by atoms with Gasteiger partial charge < -0.3 is 15.2 Å². The number of carbonyl (C=O) groups is 1. The fourth-order valence-corrected chi connectivity index (χ4v) is 2.18. The zero-order chi connectivity index (χ0) is 16.8. The minimum atomic E-state index is -0.662. The maximum absolute atomic E-state index is 13.5. The highest BCUT2D eigenvalue weighted by atomic mass is 19.1. The molecule has 1 amide bonds. The number of aryl methyl sites for hydroxylation is 1. The number of halogens is 2. The highest BCUT2D eigenvalue weighted by molar-refractivity contribution is 5.91. The van der Waals surface area contributed by atoms with Gasteiger partial charge in [0.2, 0.25) is 5.91 Å². The van der Waals surface area contributed by atoms with Crippen LogP contribution in [0.2, 0.25) is 0 Å². The molecule has 2 rings (SSSR count). The fraction of sp³-hybridized carbons (Fsp3) is 0.235. The van der Waals surface area contributed by atoms with E-state index in [9.17, 15) is 18.7 Å². The molecule has 23 heavy (non-hydrogen) atoms. The van der Waals surface area contributed by atoms with E-state index in [1.54, 1.807) is 18.2 Å². The van der Waals surface area contributed by atoms with Crippen LogP contribution in [0, 0.1) is 11.6 Å². The number of amides is 1. The first-order valence-corrected chi connectivity index (χ1v) is 7.05. The van der Waals surface area contributed by atoms with E-state index in [1.807, 2.05) is 0 Å². The standard InChI is InChI=1S/C17H17F2NO3/c1-23-16-6-5-14(8-12(16)10-21)20-17(22)7-3-11-2-4-13(18)9-15(11)19/h2,4-6,8-9,21H,3,7,10H2,1H3,(H,20,22). The summed E-state index contributed by atoms with van der Waals surface area (Å²) in [5.41, 5.74) is 1.35. The molecule has 0 spiro atoms. The molecule has 0 bridgehead atoms. The molecule has 0 aromatic heterocycles. The van der Waals surface area contributed by atoms with Crippen LogP contribution in [0.1, 0.15) is 17.5 Å². The van der Waals surface area contributed by atoms with Crippen LogP contribution >= 0.6 is 0 Å². The lowest BCUT2D eigenvalue weighted by atomic mass is 10.1. The first kappa shape index (κ1) is 16.9. The Morgan fingerprint density at radius 1 is 1.17 bits per heavy atom. The highest BCUT2D eigenvalue weighted by Gasteiger charge is 2.09. The Morgan fingerprint density at radius 3 is 2.61 bits per heavy atom. The van der Waals surface area contributed by atoms with E-state index in [2.05, 4.69) is 5.32 Å². The van der Waals surface area contributed by atoms with E-state index in [-0.39, 0.29) is 30.9 Å². The van der Waals surface area contributed by atoms with Crippen LogP contribution in [-0.2, 0) is 17.8 Å². The Kier molecular flexibility index (Phi) is 5.65. The summed E-state index contributed by atoms with van der Waals surface area (Å²) in [6.07, 6.45) is 0.226. The van der Waals surface area contributed by atoms with E-state index >= 15 is 0 Å². The lowest BCUT2D eigenvalue weighted by molar-refractivity contribution is -0.116. The Hall–Kier alpha value is -2.47. The molecule has 122 valence electrons. The summed E-state index contributed by atoms with van der Waals surface area (Å²) in [6, 6.07) is 8.18. The number of nitrogens with one attached hydrogen (secondary N) is 1. The number of aliphatic hydroxyl groups excluding tert-OH is 1. The average molecular weight is 321 g/mol. The molecule has 0 aliphatic carbocycles. The predicted octanol–water partition coefficient (Wildman–Crippen LogP) is 3.04. The van der Waals surface area contributed by atoms with Gasteiger partial charge in [-0.15, -0.1) is 0 Å². The number of hydrogen-bond acceptors (Lipinski definition) is 3. The van der Waals surface area contributed by atoms with E-state index < -0.39 is 11.6 Å². The van der Waals surface area contributed by atoms with Gasteiger partial charge in [-0.25, -0.2) is 8.78 Å². The summed E-state index contributed by atoms with van der Waals surface area (Å²) in [4.78, 5) is 11.9. The van der Waals surface area contributed by atoms with Crippen molar-refractivity contribution in [3.8, 4) is 5.75 Å². The third-order valence-electron chi connectivity index (χ3n) is 3.37. The molecule has 2 N–H and O–H groups in total. The summed E-state index contributed by atoms with van der Waals surface area (Å²) in [6.45, 7) is -0.215. The number of carbonyl (C=O) groups excluding carboxylic acids is 1. The second kappa shape index (κ2) is 7.69. The number of hydrogen-bond donors (Lipinski definition) is 2. The molecule has 0 fully saturated rings. The fourth-order valence-electron chi connectivity index (χ4n) is 2.18. The smallest absolute Gasteiger partial charge is 0.224 e. The molecular formula is C17H17F2NO3. The van der Waals surface area contributed by atoms with Crippen LogP contribution in [0.3, 0.4) is 0 Å². The van der Waals surface area contributed by atoms with Gasteiger partial charge in [0.25, 0.3) is 0 Å². The zero-order valence-electron chi connectivity index (χ0n) is 12.6. The maximum Gasteiger partial charge on any atom is 0.224 e. The third kappa shape index (κ3) is 4.50. The summed E-state index contributed by atoms with van der Waals surface area (Å²) >= 11 is 0. The molecule has 0 aliphatic rings. The van der Waals surface area contributed by atoms with Crippen molar-refractivity contribution < 1.29 is 23.4 Å². The van der Waals surface area contributed by atoms with Crippen molar-refractivity contribution in [2.75, 3.05) is 12.4 Å². The van der Waals surface area contributed by atoms with Crippen LogP contribution in [0.5, 0.6) is 5.75 Å². The van der Waals surface area contributed by atoms with Crippen molar-refractivity contribution in [1.29, 1.82) is 0 Å². The van der Waals surface area contributed by atoms with Crippen LogP contribution < -0.4 is 10.1 Å². The second-order valence-corrected chi connectivity index (χ2v) is 4.97. The van der Waals surface area contributed by atoms with Crippen molar-refractivity contribution in [1.82, 2.24) is 0 Å². The molecule has 6 heteroatoms. The quantitative estimate of drug-likeness (QED) is 0.860. The Labute approximate surface area is 132 Å². The monoisotopic (exact) mass is 321 g/mol. The summed E-state index contributed by atoms with van der Waals surface area (Å²) in [5, 5.41) is 11.9. The van der Waals surface area contributed by atoms with Gasteiger partial charge in [-0.2, -0.15) is 0 Å². The van der Waals surface area contributed by atoms with Crippen molar-refractivity contribution in [2.24, 2.45) is 0 Å². The largest absolute Gasteiger partial charge is 0.496 e. The summed E-state index contributed by atoms with van der Waals surface area (Å²) < 4.78 is 31.4. The Morgan fingerprint density at radius 2 is 1.96 bits per heavy atom. The third-order valence-corrected chi connectivity index (χ3v) is 3.37. The Bertz CT molecular complexity index is 704. The van der Waals surface area contributed by atoms with Crippen molar-refractivity contribution in [3.63, 3.8) is 0 Å². The van der Waals surface area contributed by atoms with Crippen molar-refractivity contribution in [3.05, 3.63) is 59.2 Å². The number of methoxy groups -OCH3 is 1. The maximum atomic E-state index is 13.5. The summed E-state index contributed by atoms with van der Waals surface area (Å²) in [5.74, 6) is -1.09. The van der Waals surface area contributed by atoms with Crippen molar-refractivity contribution in [2.45, 2.75) is 19.4 Å². The van der Waals surface area contributed by atoms with Crippen LogP contribution in [-0.4, -0.2) is 18.1 Å². The molecule has 0 saturated carbocycles. The van der Waals surface area contributed by atoms with E-state index in [0.717, 1.165) is 12.1 Å². The normalized spacial score (nSPS) is 10.4. The van der Waals surface area contributed by atoms with Crippen LogP contribution in [0.25, 0.3) is 0 Å². The SMILES string of the molecule is COc1ccc(NC(=O)CCc2ccc(F)cc2F)cc1CO. The summed E-state index contributed by atoms with van der Waals surface area (Å²) in [7, 11) is 1.49. The minimum Gasteiger partial charge on any atom is -0.496 e. The minimum absolute atomic E-state index is 0.0586. The van der Waals surface area contributed by atoms with Gasteiger partial charge in [0.05, 0.1) is 13.7 Å². The first-order chi connectivity index (χ1) is 11.0. The Balaban J connectivity index is 1.97. The van der Waals surface area contributed by atoms with E-state index in [0.29, 0.717) is 17.0 Å². The lowest BCUT2D eigenvalue weighted by Gasteiger charge is -2.10. The lowest BCUT2D eigenvalue weighted by Crippen LogP contribution is -2.13. The van der Waals surface area contributed by atoms with Gasteiger partial charge in [0.15, 0.2) is 0 Å². The molecule has 2 aromatic rings. The molecule has 0 saturated heterocycles. The molecule has 0 radical (unpaired) electrons. The van der Waals surface area contributed by atoms with E-state index in [1.165, 1.54) is 13.2 Å². The molecule has 0 atom stereocenters. The van der Waals surface area contributed by atoms with Crippen LogP contribution in [0.15, 0.2) is 36.4 Å². The van der Waals surface area contributed by atoms with Crippen LogP contribution in [0.4, 0.5) is 14.5 Å². The predicted molar refractivity (Wildman–Crippen MR) is 82.2 cm³/mol. The molecule has 0 heterocycles. The number of aliphatic hydroxyl groups is 1. The van der Waals surface area contributed by atoms with Gasteiger partial charge in [-0.3, -0.25) is 4.79 Å². The highest BCUT2D eigenvalue weighted by Crippen LogP contribution is 2.22. The molecular weight excluding hydrogens is 304 g/mol. The molecule has 2 aromatic carbocycles. The number of rotatable bonds is 6. The number of benzene rings is 2. The molecule has 4 nitrogen and oxygen atoms in total. The number of anilines is 1. The van der Waals surface area contributed by atoms with Gasteiger partial charge in [0, 0.05) is 23.7 Å².